The summed E-state index contributed by atoms with van der Waals surface area (Å²) < 4.78 is 12.5. The Labute approximate surface area is 552 Å². The first-order valence-electron chi connectivity index (χ1n) is 33.1. The number of nitrogens with one attached hydrogen (secondary N) is 4. The number of fused-ring (bicyclic) bond motifs is 10. The molecule has 0 spiro atoms. The highest BCUT2D eigenvalue weighted by Gasteiger charge is 2.72. The molecule has 0 bridgehead atoms. The number of hydrogen-bond donors (Lipinski definition) is 10. The Morgan fingerprint density at radius 3 is 1.33 bits per heavy atom. The lowest BCUT2D eigenvalue weighted by Gasteiger charge is -2.48. The lowest BCUT2D eigenvalue weighted by molar-refractivity contribution is -0.315. The quantitative estimate of drug-likeness (QED) is 0.0887. The van der Waals surface area contributed by atoms with E-state index in [1.807, 2.05) is 60.7 Å². The van der Waals surface area contributed by atoms with Gasteiger partial charge in [0.1, 0.15) is 24.2 Å². The molecule has 10 aliphatic rings. The van der Waals surface area contributed by atoms with Gasteiger partial charge in [0.05, 0.1) is 11.8 Å². The van der Waals surface area contributed by atoms with E-state index in [4.69, 9.17) is 29.9 Å². The van der Waals surface area contributed by atoms with Gasteiger partial charge in [-0.15, -0.1) is 0 Å². The fourth-order valence-electron chi connectivity index (χ4n) is 17.6. The number of aliphatic hydroxyl groups excluding tert-OH is 2. The molecule has 10 heterocycles. The number of aromatic nitrogens is 2. The third kappa shape index (κ3) is 10.6. The van der Waals surface area contributed by atoms with Gasteiger partial charge in [0.2, 0.25) is 35.1 Å². The third-order valence-corrected chi connectivity index (χ3v) is 22.1. The lowest BCUT2D eigenvalue weighted by Crippen LogP contribution is -2.71. The number of carboxylic acid groups (broad SMARTS) is 2. The van der Waals surface area contributed by atoms with Crippen LogP contribution < -0.4 is 10.6 Å². The van der Waals surface area contributed by atoms with E-state index in [0.29, 0.717) is 64.7 Å². The molecular weight excluding hydrogens is 1240 g/mol. The average Bonchev–Trinajstić information content (AvgIpc) is 1.54. The molecule has 8 aliphatic heterocycles. The van der Waals surface area contributed by atoms with Gasteiger partial charge in [-0.05, 0) is 125 Å². The van der Waals surface area contributed by atoms with Crippen molar-refractivity contribution in [2.45, 2.75) is 162 Å². The van der Waals surface area contributed by atoms with Crippen molar-refractivity contribution in [3.05, 3.63) is 143 Å². The van der Waals surface area contributed by atoms with Crippen LogP contribution in [0.25, 0.3) is 21.8 Å². The molecule has 16 atom stereocenters. The van der Waals surface area contributed by atoms with Gasteiger partial charge in [-0.3, -0.25) is 48.0 Å². The predicted octanol–water partition coefficient (Wildman–Crippen LogP) is 2.04. The van der Waals surface area contributed by atoms with Crippen LogP contribution in [0.15, 0.2) is 109 Å². The molecule has 96 heavy (non-hydrogen) atoms. The SMILES string of the molecule is CN1C[C@H](C(=O)N[C@]2(C)O[C@@]3(O)C4CCCN4C(=O)[C@H](Cc4ccccc4)N3C2=O)C[C@@H]2c3cccc4[nH]cc(c34)C[C@H]21.CN1C[C@H](C(=O)N[C@]2(C)O[C@@]3(O)[C@@H]4CCCN4C(=O)[C@H](Cc4ccccc4)N3C2=O)C[C@@H]2c3cccc4[nH]cc(c34)C[C@H]21.O=C(O)[C@H](O)[C@@H](O)C(=O)O. The number of likely N-dealkylation sites (tertiary alicyclic amines) is 2. The van der Waals surface area contributed by atoms with Crippen LogP contribution in [-0.4, -0.2) is 229 Å². The van der Waals surface area contributed by atoms with Crippen molar-refractivity contribution in [3.63, 3.8) is 0 Å². The molecule has 26 nitrogen and oxygen atoms in total. The molecule has 26 heteroatoms. The molecule has 0 saturated carbocycles. The van der Waals surface area contributed by atoms with Crippen molar-refractivity contribution >= 4 is 69.2 Å². The molecule has 0 radical (unpaired) electrons. The number of aliphatic carboxylic acids is 2. The van der Waals surface area contributed by atoms with E-state index in [1.54, 1.807) is 9.80 Å². The number of amides is 6. The number of nitrogens with zero attached hydrogens (tertiary/aromatic N) is 6. The van der Waals surface area contributed by atoms with Gasteiger partial charge in [-0.2, -0.15) is 0 Å². The van der Waals surface area contributed by atoms with E-state index in [0.717, 1.165) is 35.0 Å². The minimum atomic E-state index is -2.27. The minimum absolute atomic E-state index is 0.171. The maximum Gasteiger partial charge on any atom is 0.335 e. The van der Waals surface area contributed by atoms with Crippen molar-refractivity contribution in [1.29, 1.82) is 0 Å². The van der Waals surface area contributed by atoms with Crippen molar-refractivity contribution in [3.8, 4) is 0 Å². The summed E-state index contributed by atoms with van der Waals surface area (Å²) in [6, 6.07) is 28.9. The van der Waals surface area contributed by atoms with Gasteiger partial charge in [-0.1, -0.05) is 84.9 Å². The number of likely N-dealkylation sites (N-methyl/N-ethyl adjacent to an activating group) is 2. The first kappa shape index (κ1) is 64.7. The Bertz CT molecular complexity index is 3850. The summed E-state index contributed by atoms with van der Waals surface area (Å²) in [4.78, 5) is 120. The Kier molecular flexibility index (Phi) is 16.3. The second-order valence-electron chi connectivity index (χ2n) is 27.9. The summed E-state index contributed by atoms with van der Waals surface area (Å²) in [7, 11) is 4.12. The Morgan fingerprint density at radius 2 is 0.958 bits per heavy atom. The summed E-state index contributed by atoms with van der Waals surface area (Å²) in [6.07, 6.45) is 5.72. The number of benzene rings is 4. The van der Waals surface area contributed by atoms with Crippen LogP contribution in [0, 0.1) is 11.8 Å². The lowest BCUT2D eigenvalue weighted by atomic mass is 9.72. The number of H-pyrrole nitrogens is 2. The van der Waals surface area contributed by atoms with Crippen molar-refractivity contribution < 1.29 is 78.5 Å². The normalized spacial score (nSPS) is 33.2. The van der Waals surface area contributed by atoms with E-state index in [-0.39, 0.29) is 72.2 Å². The van der Waals surface area contributed by atoms with E-state index < -0.39 is 83.4 Å². The van der Waals surface area contributed by atoms with Crippen LogP contribution >= 0.6 is 0 Å². The highest BCUT2D eigenvalue weighted by atomic mass is 16.7. The van der Waals surface area contributed by atoms with Gasteiger partial charge in [0, 0.05) is 97.1 Å². The molecule has 4 aromatic carbocycles. The summed E-state index contributed by atoms with van der Waals surface area (Å²) in [5.41, 5.74) is 5.48. The zero-order chi connectivity index (χ0) is 67.7. The molecule has 6 aromatic rings. The molecule has 2 aromatic heterocycles. The molecular formula is C70H80N10O16. The number of hydrogen-bond acceptors (Lipinski definition) is 16. The van der Waals surface area contributed by atoms with Gasteiger partial charge >= 0.3 is 11.9 Å². The van der Waals surface area contributed by atoms with Crippen LogP contribution in [0.4, 0.5) is 0 Å². The Hall–Kier alpha value is -8.60. The van der Waals surface area contributed by atoms with E-state index in [2.05, 4.69) is 93.3 Å². The molecule has 16 rings (SSSR count). The number of ether oxygens (including phenoxy) is 2. The number of carbonyl (C=O) groups excluding carboxylic acids is 6. The zero-order valence-corrected chi connectivity index (χ0v) is 53.7. The monoisotopic (exact) mass is 1320 g/mol. The van der Waals surface area contributed by atoms with Gasteiger partial charge in [0.15, 0.2) is 12.2 Å². The van der Waals surface area contributed by atoms with Gasteiger partial charge in [-0.25, -0.2) is 9.59 Å². The van der Waals surface area contributed by atoms with Crippen molar-refractivity contribution in [2.24, 2.45) is 11.8 Å². The highest BCUT2D eigenvalue weighted by molar-refractivity contribution is 5.99. The number of piperidine rings is 2. The fraction of sp³-hybridized carbons (Fsp3) is 0.486. The van der Waals surface area contributed by atoms with Crippen LogP contribution in [0.1, 0.15) is 97.6 Å². The number of piperazine rings is 2. The molecule has 506 valence electrons. The smallest absolute Gasteiger partial charge is 0.335 e. The summed E-state index contributed by atoms with van der Waals surface area (Å²) in [5, 5.41) is 65.0. The zero-order valence-electron chi connectivity index (χ0n) is 53.7. The Balaban J connectivity index is 0.000000145. The number of carboxylic acids is 2. The van der Waals surface area contributed by atoms with Crippen LogP contribution in [0.2, 0.25) is 0 Å². The standard InChI is InChI=1S/2C33H37N5O5.C4H6O6/c2*1-32(35-29(39)21-15-23-22-10-6-11-24-28(22)20(17-34-24)16-25(23)36(2)18-21)31(41)38-26(14-19-8-4-3-5-9-19)30(40)37-13-7-12-27(37)33(38,42)43-32;5-1(3(7)8)2(6)4(9)10/h2*3-6,8-11,17,21,23,25-27,34,42H,7,12-16,18H2,1-2H3,(H,35,39);1-2,5-6H,(H,7,8)(H,9,10)/t21-,23-,25-,26+,27?,32-,33+;21-,23-,25-,26+,27+,32-,33+;1-,2-/m111/s1. The second-order valence-corrected chi connectivity index (χ2v) is 27.9. The number of carbonyl (C=O) groups is 8. The number of aliphatic hydroxyl groups is 4. The largest absolute Gasteiger partial charge is 0.479 e. The van der Waals surface area contributed by atoms with Crippen LogP contribution in [0.5, 0.6) is 0 Å². The number of aromatic amines is 2. The van der Waals surface area contributed by atoms with E-state index >= 15 is 0 Å². The summed E-state index contributed by atoms with van der Waals surface area (Å²) >= 11 is 0. The van der Waals surface area contributed by atoms with Gasteiger partial charge in [0.25, 0.3) is 23.6 Å². The molecule has 2 aliphatic carbocycles. The second kappa shape index (κ2) is 24.2. The Morgan fingerprint density at radius 1 is 0.573 bits per heavy atom. The average molecular weight is 1320 g/mol. The van der Waals surface area contributed by atoms with E-state index in [1.165, 1.54) is 56.7 Å². The minimum Gasteiger partial charge on any atom is -0.479 e. The summed E-state index contributed by atoms with van der Waals surface area (Å²) in [6.45, 7) is 5.11. The fourth-order valence-corrected chi connectivity index (χ4v) is 17.6. The molecule has 8 fully saturated rings. The number of rotatable bonds is 11. The maximum absolute atomic E-state index is 14.2. The van der Waals surface area contributed by atoms with Crippen molar-refractivity contribution in [1.82, 2.24) is 50.0 Å². The first-order valence-corrected chi connectivity index (χ1v) is 33.1. The topological polar surface area (TPSA) is 351 Å². The van der Waals surface area contributed by atoms with Crippen LogP contribution in [0.3, 0.4) is 0 Å². The molecule has 1 unspecified atom stereocenters. The molecule has 10 N–H and O–H groups in total. The van der Waals surface area contributed by atoms with Crippen molar-refractivity contribution in [2.75, 3.05) is 40.3 Å². The first-order chi connectivity index (χ1) is 45.8. The van der Waals surface area contributed by atoms with E-state index in [9.17, 15) is 48.6 Å². The summed E-state index contributed by atoms with van der Waals surface area (Å²) in [5.74, 6) is -10.2. The maximum atomic E-state index is 14.2. The predicted molar refractivity (Wildman–Crippen MR) is 342 cm³/mol. The van der Waals surface area contributed by atoms with Crippen LogP contribution in [-0.2, 0) is 73.5 Å². The van der Waals surface area contributed by atoms with Gasteiger partial charge < -0.3 is 70.8 Å². The highest BCUT2D eigenvalue weighted by Crippen LogP contribution is 2.50. The molecule has 6 amide bonds. The molecule has 8 saturated heterocycles. The third-order valence-electron chi connectivity index (χ3n) is 22.1.